The summed E-state index contributed by atoms with van der Waals surface area (Å²) in [5.41, 5.74) is 3.97. The summed E-state index contributed by atoms with van der Waals surface area (Å²) in [6.45, 7) is 8.83. The molecule has 1 saturated heterocycles. The van der Waals surface area contributed by atoms with Crippen LogP contribution in [-0.4, -0.2) is 22.8 Å². The molecular formula is C19H17BrN6. The summed E-state index contributed by atoms with van der Waals surface area (Å²) < 4.78 is 0.735. The fourth-order valence-electron chi connectivity index (χ4n) is 3.78. The second kappa shape index (κ2) is 6.95. The van der Waals surface area contributed by atoms with Gasteiger partial charge in [-0.1, -0.05) is 18.6 Å². The molecule has 0 aliphatic carbocycles. The third kappa shape index (κ3) is 2.70. The van der Waals surface area contributed by atoms with Gasteiger partial charge in [0.1, 0.15) is 11.9 Å². The molecular weight excluding hydrogens is 392 g/mol. The monoisotopic (exact) mass is 408 g/mol. The van der Waals surface area contributed by atoms with Crippen molar-refractivity contribution in [3.8, 4) is 6.07 Å². The van der Waals surface area contributed by atoms with E-state index in [0.29, 0.717) is 11.3 Å². The minimum absolute atomic E-state index is 0.129. The van der Waals surface area contributed by atoms with Crippen molar-refractivity contribution >= 4 is 21.7 Å². The van der Waals surface area contributed by atoms with E-state index >= 15 is 0 Å². The fraction of sp³-hybridized carbons (Fsp3) is 0.316. The second-order valence-corrected chi connectivity index (χ2v) is 7.29. The van der Waals surface area contributed by atoms with E-state index in [2.05, 4.69) is 47.7 Å². The SMILES string of the molecule is [C-]#[N+]C1=C(C2CCCCN2)Nc2[nH]ncc2C1c1cccc(C#N)c1Br. The molecule has 2 aliphatic heterocycles. The molecule has 0 bridgehead atoms. The van der Waals surface area contributed by atoms with Gasteiger partial charge in [0.05, 0.1) is 24.3 Å². The Balaban J connectivity index is 1.90. The summed E-state index contributed by atoms with van der Waals surface area (Å²) >= 11 is 3.58. The Labute approximate surface area is 160 Å². The van der Waals surface area contributed by atoms with E-state index in [0.717, 1.165) is 52.9 Å². The highest BCUT2D eigenvalue weighted by Crippen LogP contribution is 2.45. The van der Waals surface area contributed by atoms with Gasteiger partial charge < -0.3 is 10.6 Å². The van der Waals surface area contributed by atoms with Gasteiger partial charge in [0, 0.05) is 21.8 Å². The third-order valence-corrected chi connectivity index (χ3v) is 5.91. The van der Waals surface area contributed by atoms with Crippen molar-refractivity contribution in [1.82, 2.24) is 15.5 Å². The first-order valence-corrected chi connectivity index (χ1v) is 9.37. The molecule has 0 radical (unpaired) electrons. The van der Waals surface area contributed by atoms with Gasteiger partial charge in [0.15, 0.2) is 5.70 Å². The molecule has 2 aromatic rings. The Kier molecular flexibility index (Phi) is 4.50. The maximum Gasteiger partial charge on any atom is 0.197 e. The lowest BCUT2D eigenvalue weighted by molar-refractivity contribution is 0.438. The molecule has 7 heteroatoms. The lowest BCUT2D eigenvalue weighted by atomic mass is 9.84. The quantitative estimate of drug-likeness (QED) is 0.658. The third-order valence-electron chi connectivity index (χ3n) is 5.03. The maximum absolute atomic E-state index is 9.38. The molecule has 3 N–H and O–H groups in total. The number of hydrogen-bond donors (Lipinski definition) is 3. The Morgan fingerprint density at radius 3 is 2.92 bits per heavy atom. The van der Waals surface area contributed by atoms with Crippen LogP contribution in [0.15, 0.2) is 40.3 Å². The van der Waals surface area contributed by atoms with Gasteiger partial charge in [-0.25, -0.2) is 4.85 Å². The lowest BCUT2D eigenvalue weighted by Gasteiger charge is -2.33. The number of fused-ring (bicyclic) bond motifs is 1. The fourth-order valence-corrected chi connectivity index (χ4v) is 4.36. The molecule has 0 spiro atoms. The van der Waals surface area contributed by atoms with Gasteiger partial charge in [-0.3, -0.25) is 5.10 Å². The van der Waals surface area contributed by atoms with E-state index in [1.54, 1.807) is 12.3 Å². The Hall–Kier alpha value is -2.61. The van der Waals surface area contributed by atoms with Crippen LogP contribution in [0.3, 0.4) is 0 Å². The molecule has 130 valence electrons. The minimum atomic E-state index is -0.260. The molecule has 2 unspecified atom stereocenters. The van der Waals surface area contributed by atoms with Crippen LogP contribution in [0, 0.1) is 17.9 Å². The number of nitrogens with zero attached hydrogens (tertiary/aromatic N) is 3. The Morgan fingerprint density at radius 1 is 1.31 bits per heavy atom. The van der Waals surface area contributed by atoms with Crippen molar-refractivity contribution in [3.63, 3.8) is 0 Å². The molecule has 4 rings (SSSR count). The van der Waals surface area contributed by atoms with Crippen molar-refractivity contribution in [2.75, 3.05) is 11.9 Å². The topological polar surface area (TPSA) is 80.9 Å². The van der Waals surface area contributed by atoms with Gasteiger partial charge >= 0.3 is 0 Å². The molecule has 6 nitrogen and oxygen atoms in total. The number of aromatic nitrogens is 2. The van der Waals surface area contributed by atoms with Crippen molar-refractivity contribution < 1.29 is 0 Å². The summed E-state index contributed by atoms with van der Waals surface area (Å²) in [5, 5.41) is 23.5. The van der Waals surface area contributed by atoms with Crippen LogP contribution in [-0.2, 0) is 0 Å². The molecule has 0 saturated carbocycles. The minimum Gasteiger partial charge on any atom is -0.352 e. The number of aromatic amines is 1. The largest absolute Gasteiger partial charge is 0.352 e. The van der Waals surface area contributed by atoms with Gasteiger partial charge in [0.25, 0.3) is 0 Å². The molecule has 1 aromatic carbocycles. The van der Waals surface area contributed by atoms with Crippen LogP contribution in [0.2, 0.25) is 0 Å². The summed E-state index contributed by atoms with van der Waals surface area (Å²) in [4.78, 5) is 3.92. The molecule has 3 heterocycles. The molecule has 0 amide bonds. The van der Waals surface area contributed by atoms with Crippen molar-refractivity contribution in [3.05, 3.63) is 68.4 Å². The zero-order valence-electron chi connectivity index (χ0n) is 14.0. The van der Waals surface area contributed by atoms with E-state index in [9.17, 15) is 5.26 Å². The number of hydrogen-bond acceptors (Lipinski definition) is 4. The van der Waals surface area contributed by atoms with Crippen molar-refractivity contribution in [2.45, 2.75) is 31.2 Å². The zero-order chi connectivity index (χ0) is 18.1. The second-order valence-electron chi connectivity index (χ2n) is 6.49. The summed E-state index contributed by atoms with van der Waals surface area (Å²) in [6, 6.07) is 7.94. The zero-order valence-corrected chi connectivity index (χ0v) is 15.6. The van der Waals surface area contributed by atoms with Crippen molar-refractivity contribution in [2.24, 2.45) is 0 Å². The van der Waals surface area contributed by atoms with Crippen LogP contribution < -0.4 is 10.6 Å². The van der Waals surface area contributed by atoms with Gasteiger partial charge in [-0.05, 0) is 46.9 Å². The van der Waals surface area contributed by atoms with Crippen LogP contribution >= 0.6 is 15.9 Å². The average molecular weight is 409 g/mol. The van der Waals surface area contributed by atoms with Crippen molar-refractivity contribution in [1.29, 1.82) is 5.26 Å². The molecule has 2 aliphatic rings. The standard InChI is InChI=1S/C19H17BrN6/c1-22-18-15(12-6-4-5-11(9-21)16(12)20)13-10-24-26-19(13)25-17(18)14-7-2-3-8-23-14/h4-6,10,14-15,23H,2-3,7-8H2,(H2,24,25,26). The predicted octanol–water partition coefficient (Wildman–Crippen LogP) is 3.87. The normalized spacial score (nSPS) is 22.1. The number of H-pyrrole nitrogens is 1. The maximum atomic E-state index is 9.38. The van der Waals surface area contributed by atoms with E-state index in [4.69, 9.17) is 6.57 Å². The number of benzene rings is 1. The first kappa shape index (κ1) is 16.8. The number of nitriles is 1. The molecule has 26 heavy (non-hydrogen) atoms. The van der Waals surface area contributed by atoms with Crippen LogP contribution in [0.5, 0.6) is 0 Å². The van der Waals surface area contributed by atoms with Gasteiger partial charge in [0.2, 0.25) is 0 Å². The van der Waals surface area contributed by atoms with Gasteiger partial charge in [-0.2, -0.15) is 10.4 Å². The summed E-state index contributed by atoms with van der Waals surface area (Å²) in [6.07, 6.45) is 5.06. The highest BCUT2D eigenvalue weighted by Gasteiger charge is 2.36. The number of rotatable bonds is 2. The van der Waals surface area contributed by atoms with Crippen LogP contribution in [0.25, 0.3) is 4.85 Å². The summed E-state index contributed by atoms with van der Waals surface area (Å²) in [7, 11) is 0. The van der Waals surface area contributed by atoms with Gasteiger partial charge in [-0.15, -0.1) is 0 Å². The highest BCUT2D eigenvalue weighted by atomic mass is 79.9. The molecule has 1 fully saturated rings. The van der Waals surface area contributed by atoms with E-state index in [1.807, 2.05) is 12.1 Å². The lowest BCUT2D eigenvalue weighted by Crippen LogP contribution is -2.39. The first-order valence-electron chi connectivity index (χ1n) is 8.58. The number of piperidine rings is 1. The Morgan fingerprint density at radius 2 is 2.19 bits per heavy atom. The molecule has 2 atom stereocenters. The highest BCUT2D eigenvalue weighted by molar-refractivity contribution is 9.10. The number of anilines is 1. The smallest absolute Gasteiger partial charge is 0.197 e. The van der Waals surface area contributed by atoms with E-state index in [-0.39, 0.29) is 12.0 Å². The average Bonchev–Trinajstić information content (AvgIpc) is 3.16. The Bertz CT molecular complexity index is 955. The van der Waals surface area contributed by atoms with E-state index < -0.39 is 0 Å². The first-order chi connectivity index (χ1) is 12.7. The summed E-state index contributed by atoms with van der Waals surface area (Å²) in [5.74, 6) is 0.558. The number of nitrogens with one attached hydrogen (secondary N) is 3. The predicted molar refractivity (Wildman–Crippen MR) is 102 cm³/mol. The van der Waals surface area contributed by atoms with Crippen LogP contribution in [0.1, 0.15) is 41.9 Å². The molecule has 1 aromatic heterocycles. The van der Waals surface area contributed by atoms with Crippen LogP contribution in [0.4, 0.5) is 5.82 Å². The number of halogens is 1. The van der Waals surface area contributed by atoms with E-state index in [1.165, 1.54) is 0 Å². The number of allylic oxidation sites excluding steroid dienone is 1.